The van der Waals surface area contributed by atoms with Crippen molar-refractivity contribution in [3.05, 3.63) is 0 Å². The fourth-order valence-corrected chi connectivity index (χ4v) is 2.77. The Morgan fingerprint density at radius 2 is 1.79 bits per heavy atom. The summed E-state index contributed by atoms with van der Waals surface area (Å²) in [6, 6.07) is 0.271. The average Bonchev–Trinajstić information content (AvgIpc) is 2.90. The zero-order chi connectivity index (χ0) is 13.5. The lowest BCUT2D eigenvalue weighted by Crippen LogP contribution is -2.40. The predicted molar refractivity (Wildman–Crippen MR) is 71.6 cm³/mol. The fourth-order valence-electron chi connectivity index (χ4n) is 2.77. The fraction of sp³-hybridized carbons (Fsp3) is 0.857. The number of carbonyl (C=O) groups is 2. The Kier molecular flexibility index (Phi) is 5.63. The molecule has 1 aliphatic heterocycles. The van der Waals surface area contributed by atoms with Crippen molar-refractivity contribution in [2.75, 3.05) is 13.2 Å². The minimum atomic E-state index is -0.205. The highest BCUT2D eigenvalue weighted by atomic mass is 16.5. The molecule has 0 bridgehead atoms. The highest BCUT2D eigenvalue weighted by Gasteiger charge is 2.19. The lowest BCUT2D eigenvalue weighted by molar-refractivity contribution is -0.130. The molecule has 2 fully saturated rings. The average molecular weight is 268 g/mol. The Bertz CT molecular complexity index is 308. The second-order valence-electron chi connectivity index (χ2n) is 5.52. The summed E-state index contributed by atoms with van der Waals surface area (Å²) in [6.07, 6.45) is 7.82. The first-order valence-corrected chi connectivity index (χ1v) is 7.41. The summed E-state index contributed by atoms with van der Waals surface area (Å²) in [4.78, 5) is 23.3. The maximum Gasteiger partial charge on any atom is 0.229 e. The Balaban J connectivity index is 1.59. The van der Waals surface area contributed by atoms with Gasteiger partial charge in [-0.25, -0.2) is 0 Å². The van der Waals surface area contributed by atoms with Gasteiger partial charge in [-0.3, -0.25) is 9.59 Å². The van der Waals surface area contributed by atoms with Crippen LogP contribution >= 0.6 is 0 Å². The van der Waals surface area contributed by atoms with E-state index in [1.165, 1.54) is 19.3 Å². The number of rotatable bonds is 5. The van der Waals surface area contributed by atoms with Crippen molar-refractivity contribution in [3.8, 4) is 0 Å². The lowest BCUT2D eigenvalue weighted by Gasteiger charge is -2.22. The van der Waals surface area contributed by atoms with Crippen molar-refractivity contribution < 1.29 is 14.3 Å². The third-order valence-electron chi connectivity index (χ3n) is 3.84. The van der Waals surface area contributed by atoms with Gasteiger partial charge >= 0.3 is 0 Å². The van der Waals surface area contributed by atoms with E-state index in [4.69, 9.17) is 4.74 Å². The van der Waals surface area contributed by atoms with Crippen LogP contribution < -0.4 is 10.6 Å². The SMILES string of the molecule is O=C(CC(=O)NC1CCCCC1)NCC1CCCO1. The maximum atomic E-state index is 11.7. The molecule has 1 aliphatic carbocycles. The number of nitrogens with one attached hydrogen (secondary N) is 2. The summed E-state index contributed by atoms with van der Waals surface area (Å²) in [5, 5.41) is 5.71. The highest BCUT2D eigenvalue weighted by Crippen LogP contribution is 2.17. The van der Waals surface area contributed by atoms with Crippen LogP contribution in [0, 0.1) is 0 Å². The maximum absolute atomic E-state index is 11.7. The third kappa shape index (κ3) is 5.19. The van der Waals surface area contributed by atoms with Crippen LogP contribution in [-0.4, -0.2) is 37.1 Å². The van der Waals surface area contributed by atoms with Crippen molar-refractivity contribution in [2.24, 2.45) is 0 Å². The van der Waals surface area contributed by atoms with Crippen LogP contribution in [0.5, 0.6) is 0 Å². The van der Waals surface area contributed by atoms with Gasteiger partial charge in [-0.1, -0.05) is 19.3 Å². The van der Waals surface area contributed by atoms with Gasteiger partial charge in [-0.15, -0.1) is 0 Å². The van der Waals surface area contributed by atoms with Crippen LogP contribution in [0.3, 0.4) is 0 Å². The van der Waals surface area contributed by atoms with Crippen LogP contribution in [0.1, 0.15) is 51.4 Å². The number of hydrogen-bond acceptors (Lipinski definition) is 3. The number of carbonyl (C=O) groups excluding carboxylic acids is 2. The van der Waals surface area contributed by atoms with Crippen molar-refractivity contribution in [1.29, 1.82) is 0 Å². The molecule has 5 nitrogen and oxygen atoms in total. The van der Waals surface area contributed by atoms with E-state index in [2.05, 4.69) is 10.6 Å². The monoisotopic (exact) mass is 268 g/mol. The molecular weight excluding hydrogens is 244 g/mol. The summed E-state index contributed by atoms with van der Waals surface area (Å²) in [6.45, 7) is 1.30. The van der Waals surface area contributed by atoms with E-state index in [1.54, 1.807) is 0 Å². The van der Waals surface area contributed by atoms with Crippen molar-refractivity contribution in [3.63, 3.8) is 0 Å². The van der Waals surface area contributed by atoms with Gasteiger partial charge in [0.2, 0.25) is 11.8 Å². The number of hydrogen-bond donors (Lipinski definition) is 2. The Morgan fingerprint density at radius 1 is 1.00 bits per heavy atom. The molecule has 0 aromatic rings. The topological polar surface area (TPSA) is 67.4 Å². The molecule has 2 N–H and O–H groups in total. The van der Waals surface area contributed by atoms with Crippen molar-refractivity contribution >= 4 is 11.8 Å². The smallest absolute Gasteiger partial charge is 0.229 e. The molecule has 2 amide bonds. The summed E-state index contributed by atoms with van der Waals surface area (Å²) in [5.41, 5.74) is 0. The number of ether oxygens (including phenoxy) is 1. The first-order valence-electron chi connectivity index (χ1n) is 7.41. The van der Waals surface area contributed by atoms with Crippen LogP contribution in [0.2, 0.25) is 0 Å². The molecule has 1 heterocycles. The van der Waals surface area contributed by atoms with E-state index in [9.17, 15) is 9.59 Å². The van der Waals surface area contributed by atoms with E-state index in [0.717, 1.165) is 32.3 Å². The molecule has 108 valence electrons. The standard InChI is InChI=1S/C14H24N2O3/c17-13(15-10-12-7-4-8-19-12)9-14(18)16-11-5-2-1-3-6-11/h11-12H,1-10H2,(H,15,17)(H,16,18). The van der Waals surface area contributed by atoms with Crippen LogP contribution in [0.15, 0.2) is 0 Å². The second-order valence-corrected chi connectivity index (χ2v) is 5.52. The molecule has 0 radical (unpaired) electrons. The van der Waals surface area contributed by atoms with Gasteiger partial charge in [0, 0.05) is 19.2 Å². The van der Waals surface area contributed by atoms with E-state index in [1.807, 2.05) is 0 Å². The summed E-state index contributed by atoms with van der Waals surface area (Å²) in [7, 11) is 0. The molecule has 0 spiro atoms. The first-order chi connectivity index (χ1) is 9.24. The van der Waals surface area contributed by atoms with E-state index in [-0.39, 0.29) is 30.4 Å². The molecule has 19 heavy (non-hydrogen) atoms. The molecule has 1 saturated carbocycles. The summed E-state index contributed by atoms with van der Waals surface area (Å²) < 4.78 is 5.41. The molecular formula is C14H24N2O3. The second kappa shape index (κ2) is 7.48. The summed E-state index contributed by atoms with van der Waals surface area (Å²) in [5.74, 6) is -0.361. The molecule has 1 saturated heterocycles. The van der Waals surface area contributed by atoms with Crippen molar-refractivity contribution in [1.82, 2.24) is 10.6 Å². The lowest BCUT2D eigenvalue weighted by atomic mass is 9.95. The largest absolute Gasteiger partial charge is 0.376 e. The van der Waals surface area contributed by atoms with Gasteiger partial charge < -0.3 is 15.4 Å². The molecule has 1 atom stereocenters. The van der Waals surface area contributed by atoms with Gasteiger partial charge in [0.1, 0.15) is 6.42 Å². The molecule has 0 aromatic heterocycles. The number of amides is 2. The zero-order valence-electron chi connectivity index (χ0n) is 11.5. The quantitative estimate of drug-likeness (QED) is 0.734. The van der Waals surface area contributed by atoms with Gasteiger partial charge in [0.05, 0.1) is 6.10 Å². The Hall–Kier alpha value is -1.10. The van der Waals surface area contributed by atoms with Gasteiger partial charge in [0.15, 0.2) is 0 Å². The predicted octanol–water partition coefficient (Wildman–Crippen LogP) is 1.12. The molecule has 2 rings (SSSR count). The highest BCUT2D eigenvalue weighted by molar-refractivity contribution is 5.96. The molecule has 1 unspecified atom stereocenters. The summed E-state index contributed by atoms with van der Waals surface area (Å²) >= 11 is 0. The van der Waals surface area contributed by atoms with E-state index >= 15 is 0 Å². The van der Waals surface area contributed by atoms with Crippen molar-refractivity contribution in [2.45, 2.75) is 63.5 Å². The molecule has 2 aliphatic rings. The van der Waals surface area contributed by atoms with E-state index in [0.29, 0.717) is 6.54 Å². The zero-order valence-corrected chi connectivity index (χ0v) is 11.5. The first kappa shape index (κ1) is 14.3. The van der Waals surface area contributed by atoms with Gasteiger partial charge in [0.25, 0.3) is 0 Å². The van der Waals surface area contributed by atoms with Gasteiger partial charge in [-0.05, 0) is 25.7 Å². The van der Waals surface area contributed by atoms with Crippen LogP contribution in [0.25, 0.3) is 0 Å². The Morgan fingerprint density at radius 3 is 2.47 bits per heavy atom. The third-order valence-corrected chi connectivity index (χ3v) is 3.84. The normalized spacial score (nSPS) is 24.1. The minimum Gasteiger partial charge on any atom is -0.376 e. The minimum absolute atomic E-state index is 0.0663. The van der Waals surface area contributed by atoms with Crippen LogP contribution in [-0.2, 0) is 14.3 Å². The Labute approximate surface area is 114 Å². The van der Waals surface area contributed by atoms with Crippen LogP contribution in [0.4, 0.5) is 0 Å². The molecule has 5 heteroatoms. The van der Waals surface area contributed by atoms with Gasteiger partial charge in [-0.2, -0.15) is 0 Å². The molecule has 0 aromatic carbocycles. The van der Waals surface area contributed by atoms with E-state index < -0.39 is 0 Å².